The smallest absolute Gasteiger partial charge is 0.407 e. The molecule has 4 aromatic rings. The molecule has 2 amide bonds. The lowest BCUT2D eigenvalue weighted by molar-refractivity contribution is 0.0732. The van der Waals surface area contributed by atoms with Crippen molar-refractivity contribution in [2.75, 3.05) is 13.1 Å². The summed E-state index contributed by atoms with van der Waals surface area (Å²) in [4.78, 5) is 37.0. The van der Waals surface area contributed by atoms with Gasteiger partial charge in [0.1, 0.15) is 5.65 Å². The Kier molecular flexibility index (Phi) is 6.83. The van der Waals surface area contributed by atoms with Gasteiger partial charge in [-0.1, -0.05) is 26.0 Å². The van der Waals surface area contributed by atoms with Crippen LogP contribution in [0.2, 0.25) is 0 Å². The number of carbonyl (C=O) groups excluding carboxylic acids is 1. The van der Waals surface area contributed by atoms with Gasteiger partial charge in [0.25, 0.3) is 5.91 Å². The lowest BCUT2D eigenvalue weighted by atomic mass is 9.75. The van der Waals surface area contributed by atoms with E-state index in [4.69, 9.17) is 0 Å². The highest BCUT2D eigenvalue weighted by Crippen LogP contribution is 2.40. The molecule has 0 saturated carbocycles. The molecule has 6 rings (SSSR count). The minimum absolute atomic E-state index is 0.00457. The van der Waals surface area contributed by atoms with Gasteiger partial charge in [-0.15, -0.1) is 0 Å². The fourth-order valence-electron chi connectivity index (χ4n) is 6.79. The number of aryl methyl sites for hydroxylation is 2. The van der Waals surface area contributed by atoms with E-state index in [9.17, 15) is 14.7 Å². The van der Waals surface area contributed by atoms with Crippen molar-refractivity contribution in [2.45, 2.75) is 72.5 Å². The lowest BCUT2D eigenvalue weighted by Gasteiger charge is -2.38. The Morgan fingerprint density at radius 1 is 1.15 bits per heavy atom. The third kappa shape index (κ3) is 4.98. The van der Waals surface area contributed by atoms with E-state index in [0.29, 0.717) is 31.6 Å². The van der Waals surface area contributed by atoms with Crippen molar-refractivity contribution in [2.24, 2.45) is 5.41 Å². The minimum atomic E-state index is -0.845. The van der Waals surface area contributed by atoms with Crippen LogP contribution >= 0.6 is 0 Å². The number of benzene rings is 1. The quantitative estimate of drug-likeness (QED) is 0.320. The van der Waals surface area contributed by atoms with Crippen molar-refractivity contribution in [3.05, 3.63) is 70.8 Å². The van der Waals surface area contributed by atoms with Crippen LogP contribution in [0.3, 0.4) is 0 Å². The summed E-state index contributed by atoms with van der Waals surface area (Å²) in [6.45, 7) is 10.9. The molecule has 9 heteroatoms. The fourth-order valence-corrected chi connectivity index (χ4v) is 6.79. The number of likely N-dealkylation sites (tertiary alicyclic amines) is 1. The van der Waals surface area contributed by atoms with Crippen molar-refractivity contribution >= 4 is 23.0 Å². The first-order valence-corrected chi connectivity index (χ1v) is 14.5. The summed E-state index contributed by atoms with van der Waals surface area (Å²) in [5.41, 5.74) is 8.12. The summed E-state index contributed by atoms with van der Waals surface area (Å²) in [6.07, 6.45) is 9.74. The Balaban J connectivity index is 1.39. The number of carbonyl (C=O) groups is 2. The van der Waals surface area contributed by atoms with E-state index in [0.717, 1.165) is 53.5 Å². The summed E-state index contributed by atoms with van der Waals surface area (Å²) in [5.74, 6) is -0.00457. The normalized spacial score (nSPS) is 17.3. The van der Waals surface area contributed by atoms with Gasteiger partial charge in [0, 0.05) is 61.8 Å². The van der Waals surface area contributed by atoms with E-state index in [1.807, 2.05) is 30.4 Å². The SMILES string of the molecule is CCn1cc(C(=O)N2CCc3cc(-c4cnc5[nH]cc(C)c5c4)cc(CC(C)(C)[C@@H]4CCCN4C(=O)O)c3C2)cn1. The topological polar surface area (TPSA) is 107 Å². The van der Waals surface area contributed by atoms with Crippen LogP contribution in [0, 0.1) is 12.3 Å². The number of aromatic nitrogens is 4. The van der Waals surface area contributed by atoms with E-state index < -0.39 is 6.09 Å². The number of H-pyrrole nitrogens is 1. The summed E-state index contributed by atoms with van der Waals surface area (Å²) in [6, 6.07) is 6.64. The molecule has 1 saturated heterocycles. The third-order valence-corrected chi connectivity index (χ3v) is 9.04. The predicted octanol–water partition coefficient (Wildman–Crippen LogP) is 5.66. The van der Waals surface area contributed by atoms with Crippen molar-refractivity contribution in [3.8, 4) is 11.1 Å². The number of hydrogen-bond acceptors (Lipinski definition) is 4. The van der Waals surface area contributed by atoms with Crippen molar-refractivity contribution in [1.82, 2.24) is 29.5 Å². The zero-order valence-corrected chi connectivity index (χ0v) is 24.3. The molecule has 0 bridgehead atoms. The third-order valence-electron chi connectivity index (χ3n) is 9.04. The molecule has 1 atom stereocenters. The second-order valence-electron chi connectivity index (χ2n) is 12.2. The Labute approximate surface area is 240 Å². The van der Waals surface area contributed by atoms with E-state index in [1.165, 1.54) is 16.7 Å². The van der Waals surface area contributed by atoms with Crippen LogP contribution in [0.1, 0.15) is 66.2 Å². The van der Waals surface area contributed by atoms with Gasteiger partial charge in [-0.05, 0) is 78.8 Å². The lowest BCUT2D eigenvalue weighted by Crippen LogP contribution is -2.45. The van der Waals surface area contributed by atoms with Crippen molar-refractivity contribution in [3.63, 3.8) is 0 Å². The zero-order valence-electron chi connectivity index (χ0n) is 24.3. The summed E-state index contributed by atoms with van der Waals surface area (Å²) < 4.78 is 1.78. The van der Waals surface area contributed by atoms with Gasteiger partial charge in [0.05, 0.1) is 11.8 Å². The Morgan fingerprint density at radius 3 is 2.73 bits per heavy atom. The van der Waals surface area contributed by atoms with Gasteiger partial charge < -0.3 is 19.9 Å². The molecule has 0 spiro atoms. The molecule has 0 unspecified atom stereocenters. The standard InChI is InChI=1S/C32H38N6O3/c1-5-37-18-25(17-35-37)30(39)36-10-8-21-11-22(24-13-26-20(2)15-33-29(26)34-16-24)12-23(27(21)19-36)14-32(3,4)28-7-6-9-38(28)31(40)41/h11-13,15-18,28H,5-10,14,19H2,1-4H3,(H,33,34)(H,40,41)/t28-/m0/s1. The fraction of sp³-hybridized carbons (Fsp3) is 0.438. The number of nitrogens with one attached hydrogen (secondary N) is 1. The molecule has 214 valence electrons. The number of pyridine rings is 1. The maximum atomic E-state index is 13.5. The molecular weight excluding hydrogens is 516 g/mol. The summed E-state index contributed by atoms with van der Waals surface area (Å²) >= 11 is 0. The van der Waals surface area contributed by atoms with E-state index in [-0.39, 0.29) is 17.4 Å². The number of amides is 2. The van der Waals surface area contributed by atoms with Crippen molar-refractivity contribution in [1.29, 1.82) is 0 Å². The average Bonchev–Trinajstić information content (AvgIpc) is 3.72. The van der Waals surface area contributed by atoms with Gasteiger partial charge in [0.15, 0.2) is 0 Å². The van der Waals surface area contributed by atoms with E-state index in [2.05, 4.69) is 54.0 Å². The van der Waals surface area contributed by atoms with E-state index >= 15 is 0 Å². The van der Waals surface area contributed by atoms with Gasteiger partial charge in [0.2, 0.25) is 0 Å². The van der Waals surface area contributed by atoms with Crippen LogP contribution in [0.5, 0.6) is 0 Å². The number of nitrogens with zero attached hydrogens (tertiary/aromatic N) is 5. The van der Waals surface area contributed by atoms with Crippen LogP contribution in [-0.4, -0.2) is 65.8 Å². The first kappa shape index (κ1) is 27.1. The molecule has 0 aliphatic carbocycles. The van der Waals surface area contributed by atoms with Gasteiger partial charge in [-0.3, -0.25) is 9.48 Å². The number of fused-ring (bicyclic) bond motifs is 2. The first-order valence-electron chi connectivity index (χ1n) is 14.5. The average molecular weight is 555 g/mol. The second kappa shape index (κ2) is 10.4. The van der Waals surface area contributed by atoms with Gasteiger partial charge >= 0.3 is 6.09 Å². The maximum Gasteiger partial charge on any atom is 0.407 e. The molecule has 41 heavy (non-hydrogen) atoms. The highest BCUT2D eigenvalue weighted by atomic mass is 16.4. The minimum Gasteiger partial charge on any atom is -0.465 e. The number of carboxylic acid groups (broad SMARTS) is 1. The van der Waals surface area contributed by atoms with E-state index in [1.54, 1.807) is 15.8 Å². The molecular formula is C32H38N6O3. The van der Waals surface area contributed by atoms with Gasteiger partial charge in [-0.2, -0.15) is 5.10 Å². The van der Waals surface area contributed by atoms with Crippen molar-refractivity contribution < 1.29 is 14.7 Å². The van der Waals surface area contributed by atoms with Crippen LogP contribution in [0.15, 0.2) is 43.0 Å². The van der Waals surface area contributed by atoms with Crippen LogP contribution < -0.4 is 0 Å². The molecule has 2 aliphatic rings. The van der Waals surface area contributed by atoms with Crippen LogP contribution in [0.25, 0.3) is 22.2 Å². The molecule has 1 aromatic carbocycles. The first-order chi connectivity index (χ1) is 19.6. The zero-order chi connectivity index (χ0) is 28.9. The highest BCUT2D eigenvalue weighted by Gasteiger charge is 2.40. The predicted molar refractivity (Wildman–Crippen MR) is 158 cm³/mol. The Bertz CT molecular complexity index is 1630. The Morgan fingerprint density at radius 2 is 1.98 bits per heavy atom. The molecule has 3 aromatic heterocycles. The van der Waals surface area contributed by atoms with Crippen LogP contribution in [0.4, 0.5) is 4.79 Å². The molecule has 0 radical (unpaired) electrons. The molecule has 2 N–H and O–H groups in total. The highest BCUT2D eigenvalue weighted by molar-refractivity contribution is 5.94. The molecule has 2 aliphatic heterocycles. The van der Waals surface area contributed by atoms with Gasteiger partial charge in [-0.25, -0.2) is 9.78 Å². The largest absolute Gasteiger partial charge is 0.465 e. The number of aromatic amines is 1. The summed E-state index contributed by atoms with van der Waals surface area (Å²) in [5, 5.41) is 15.3. The number of hydrogen-bond donors (Lipinski definition) is 2. The summed E-state index contributed by atoms with van der Waals surface area (Å²) in [7, 11) is 0. The maximum absolute atomic E-state index is 13.5. The molecule has 1 fully saturated rings. The van der Waals surface area contributed by atoms with Crippen LogP contribution in [-0.2, 0) is 25.9 Å². The molecule has 9 nitrogen and oxygen atoms in total. The monoisotopic (exact) mass is 554 g/mol. The number of rotatable bonds is 6. The Hall–Kier alpha value is -4.14. The molecule has 5 heterocycles. The second-order valence-corrected chi connectivity index (χ2v) is 12.2.